The lowest BCUT2D eigenvalue weighted by Crippen LogP contribution is -2.31. The number of aliphatic hydroxyl groups excluding tert-OH is 1. The van der Waals surface area contributed by atoms with E-state index in [0.717, 1.165) is 0 Å². The molecule has 0 spiro atoms. The summed E-state index contributed by atoms with van der Waals surface area (Å²) in [4.78, 5) is 27.6. The molecule has 1 amide bonds. The van der Waals surface area contributed by atoms with Crippen LogP contribution in [-0.4, -0.2) is 54.7 Å². The molecule has 1 aliphatic heterocycles. The zero-order valence-electron chi connectivity index (χ0n) is 19.5. The number of likely N-dealkylation sites (tertiary alicyclic amines) is 1. The summed E-state index contributed by atoms with van der Waals surface area (Å²) in [5.41, 5.74) is 1.14. The standard InChI is InChI=1S/C26H31NO6/c1-5-32-21-12-7-10-19(16-21)24(28)22-23(18-9-6-11-20(15-18)31-4)27(26(30)25(22)29)13-8-14-33-17(2)3/h6-7,9-12,15-17,23,28H,5,8,13-14H2,1-4H3/b24-22-. The molecular formula is C26H31NO6. The van der Waals surface area contributed by atoms with Crippen LogP contribution in [0.25, 0.3) is 5.76 Å². The molecule has 1 atom stereocenters. The quantitative estimate of drug-likeness (QED) is 0.249. The molecule has 176 valence electrons. The number of nitrogens with zero attached hydrogens (tertiary/aromatic N) is 1. The SMILES string of the molecule is CCOc1cccc(/C(O)=C2/C(=O)C(=O)N(CCCOC(C)C)C2c2cccc(OC)c2)c1. The van der Waals surface area contributed by atoms with Crippen LogP contribution >= 0.6 is 0 Å². The Morgan fingerprint density at radius 3 is 2.52 bits per heavy atom. The van der Waals surface area contributed by atoms with E-state index in [1.807, 2.05) is 26.8 Å². The Labute approximate surface area is 194 Å². The summed E-state index contributed by atoms with van der Waals surface area (Å²) in [7, 11) is 1.55. The molecule has 3 rings (SSSR count). The fraction of sp³-hybridized carbons (Fsp3) is 0.385. The minimum absolute atomic E-state index is 0.0479. The number of ether oxygens (including phenoxy) is 3. The number of carbonyl (C=O) groups is 2. The molecule has 0 saturated carbocycles. The number of ketones is 1. The number of aliphatic hydroxyl groups is 1. The van der Waals surface area contributed by atoms with E-state index in [1.165, 1.54) is 4.90 Å². The lowest BCUT2D eigenvalue weighted by molar-refractivity contribution is -0.140. The minimum Gasteiger partial charge on any atom is -0.507 e. The molecule has 7 heteroatoms. The van der Waals surface area contributed by atoms with Gasteiger partial charge in [0.1, 0.15) is 17.3 Å². The van der Waals surface area contributed by atoms with E-state index in [1.54, 1.807) is 49.6 Å². The second kappa shape index (κ2) is 11.0. The van der Waals surface area contributed by atoms with Gasteiger partial charge >= 0.3 is 0 Å². The number of hydrogen-bond acceptors (Lipinski definition) is 6. The Kier molecular flexibility index (Phi) is 8.11. The van der Waals surface area contributed by atoms with Crippen molar-refractivity contribution in [3.8, 4) is 11.5 Å². The second-order valence-corrected chi connectivity index (χ2v) is 8.00. The van der Waals surface area contributed by atoms with Crippen LogP contribution in [-0.2, 0) is 14.3 Å². The van der Waals surface area contributed by atoms with E-state index in [-0.39, 0.29) is 17.4 Å². The van der Waals surface area contributed by atoms with Gasteiger partial charge in [-0.15, -0.1) is 0 Å². The number of hydrogen-bond donors (Lipinski definition) is 1. The Hall–Kier alpha value is -3.32. The normalized spacial score (nSPS) is 17.6. The molecule has 1 aliphatic rings. The highest BCUT2D eigenvalue weighted by Crippen LogP contribution is 2.40. The van der Waals surface area contributed by atoms with Crippen molar-refractivity contribution in [2.75, 3.05) is 26.9 Å². The third-order valence-electron chi connectivity index (χ3n) is 5.36. The van der Waals surface area contributed by atoms with Gasteiger partial charge in [-0.1, -0.05) is 24.3 Å². The van der Waals surface area contributed by atoms with Gasteiger partial charge in [0.15, 0.2) is 0 Å². The fourth-order valence-electron chi connectivity index (χ4n) is 3.88. The lowest BCUT2D eigenvalue weighted by Gasteiger charge is -2.25. The number of rotatable bonds is 10. The lowest BCUT2D eigenvalue weighted by atomic mass is 9.95. The zero-order valence-corrected chi connectivity index (χ0v) is 19.5. The number of benzene rings is 2. The summed E-state index contributed by atoms with van der Waals surface area (Å²) in [6.45, 7) is 7.00. The Bertz CT molecular complexity index is 1030. The van der Waals surface area contributed by atoms with Crippen molar-refractivity contribution in [2.24, 2.45) is 0 Å². The summed E-state index contributed by atoms with van der Waals surface area (Å²) in [6.07, 6.45) is 0.637. The van der Waals surface area contributed by atoms with Gasteiger partial charge in [-0.2, -0.15) is 0 Å². The molecule has 1 N–H and O–H groups in total. The van der Waals surface area contributed by atoms with Crippen molar-refractivity contribution in [3.05, 3.63) is 65.2 Å². The molecule has 7 nitrogen and oxygen atoms in total. The van der Waals surface area contributed by atoms with Gasteiger partial charge in [0.2, 0.25) is 0 Å². The van der Waals surface area contributed by atoms with Gasteiger partial charge in [0.05, 0.1) is 31.4 Å². The molecule has 0 aromatic heterocycles. The van der Waals surface area contributed by atoms with Crippen LogP contribution in [0.4, 0.5) is 0 Å². The first-order valence-electron chi connectivity index (χ1n) is 11.1. The van der Waals surface area contributed by atoms with E-state index in [0.29, 0.717) is 48.8 Å². The van der Waals surface area contributed by atoms with Gasteiger partial charge in [-0.25, -0.2) is 0 Å². The summed E-state index contributed by atoms with van der Waals surface area (Å²) in [5.74, 6) is -0.426. The van der Waals surface area contributed by atoms with Crippen LogP contribution in [0.15, 0.2) is 54.1 Å². The maximum atomic E-state index is 13.1. The minimum atomic E-state index is -0.741. The molecule has 33 heavy (non-hydrogen) atoms. The highest BCUT2D eigenvalue weighted by atomic mass is 16.5. The van der Waals surface area contributed by atoms with Crippen LogP contribution in [0.5, 0.6) is 11.5 Å². The monoisotopic (exact) mass is 453 g/mol. The molecule has 1 saturated heterocycles. The molecule has 1 unspecified atom stereocenters. The van der Waals surface area contributed by atoms with Crippen LogP contribution in [0.2, 0.25) is 0 Å². The van der Waals surface area contributed by atoms with E-state index >= 15 is 0 Å². The molecule has 2 aromatic carbocycles. The molecule has 2 aromatic rings. The van der Waals surface area contributed by atoms with E-state index in [4.69, 9.17) is 14.2 Å². The first-order valence-corrected chi connectivity index (χ1v) is 11.1. The van der Waals surface area contributed by atoms with Crippen LogP contribution in [0.1, 0.15) is 44.4 Å². The second-order valence-electron chi connectivity index (χ2n) is 8.00. The smallest absolute Gasteiger partial charge is 0.295 e. The predicted octanol–water partition coefficient (Wildman–Crippen LogP) is 4.33. The Balaban J connectivity index is 2.06. The number of amides is 1. The first kappa shape index (κ1) is 24.3. The molecule has 1 fully saturated rings. The number of Topliss-reactive ketones (excluding diaryl/α,β-unsaturated/α-hetero) is 1. The van der Waals surface area contributed by atoms with Gasteiger partial charge in [0.25, 0.3) is 11.7 Å². The Morgan fingerprint density at radius 1 is 1.09 bits per heavy atom. The summed E-state index contributed by atoms with van der Waals surface area (Å²) in [5, 5.41) is 11.2. The third kappa shape index (κ3) is 5.54. The van der Waals surface area contributed by atoms with Crippen molar-refractivity contribution in [2.45, 2.75) is 39.3 Å². The zero-order chi connectivity index (χ0) is 24.0. The fourth-order valence-corrected chi connectivity index (χ4v) is 3.88. The van der Waals surface area contributed by atoms with E-state index in [9.17, 15) is 14.7 Å². The molecule has 0 aliphatic carbocycles. The summed E-state index contributed by atoms with van der Waals surface area (Å²) < 4.78 is 16.5. The predicted molar refractivity (Wildman–Crippen MR) is 125 cm³/mol. The van der Waals surface area contributed by atoms with Crippen molar-refractivity contribution in [3.63, 3.8) is 0 Å². The van der Waals surface area contributed by atoms with E-state index in [2.05, 4.69) is 0 Å². The van der Waals surface area contributed by atoms with Gasteiger partial charge in [-0.3, -0.25) is 9.59 Å². The highest BCUT2D eigenvalue weighted by Gasteiger charge is 2.45. The Morgan fingerprint density at radius 2 is 1.82 bits per heavy atom. The van der Waals surface area contributed by atoms with Crippen molar-refractivity contribution >= 4 is 17.4 Å². The number of carbonyl (C=O) groups excluding carboxylic acids is 2. The van der Waals surface area contributed by atoms with Crippen LogP contribution in [0, 0.1) is 0 Å². The molecule has 0 radical (unpaired) electrons. The van der Waals surface area contributed by atoms with Crippen molar-refractivity contribution in [1.29, 1.82) is 0 Å². The van der Waals surface area contributed by atoms with Crippen LogP contribution in [0.3, 0.4) is 0 Å². The van der Waals surface area contributed by atoms with Crippen molar-refractivity contribution in [1.82, 2.24) is 4.90 Å². The van der Waals surface area contributed by atoms with Crippen molar-refractivity contribution < 1.29 is 28.9 Å². The van der Waals surface area contributed by atoms with Gasteiger partial charge in [0, 0.05) is 18.7 Å². The maximum absolute atomic E-state index is 13.1. The largest absolute Gasteiger partial charge is 0.507 e. The first-order chi connectivity index (χ1) is 15.9. The topological polar surface area (TPSA) is 85.3 Å². The summed E-state index contributed by atoms with van der Waals surface area (Å²) in [6, 6.07) is 13.3. The molecule has 1 heterocycles. The average molecular weight is 454 g/mol. The summed E-state index contributed by atoms with van der Waals surface area (Å²) >= 11 is 0. The maximum Gasteiger partial charge on any atom is 0.295 e. The highest BCUT2D eigenvalue weighted by molar-refractivity contribution is 6.46. The number of methoxy groups -OCH3 is 1. The molecule has 0 bridgehead atoms. The molecular weight excluding hydrogens is 422 g/mol. The van der Waals surface area contributed by atoms with Gasteiger partial charge in [-0.05, 0) is 57.0 Å². The average Bonchev–Trinajstić information content (AvgIpc) is 3.06. The van der Waals surface area contributed by atoms with Crippen LogP contribution < -0.4 is 9.47 Å². The third-order valence-corrected chi connectivity index (χ3v) is 5.36. The van der Waals surface area contributed by atoms with E-state index < -0.39 is 17.7 Å². The van der Waals surface area contributed by atoms with Gasteiger partial charge < -0.3 is 24.2 Å².